The number of rotatable bonds is 22. The molecule has 4 heterocycles. The van der Waals surface area contributed by atoms with E-state index in [0.29, 0.717) is 0 Å². The summed E-state index contributed by atoms with van der Waals surface area (Å²) in [6.45, 7) is 2.19. The molecule has 12 atom stereocenters. The predicted octanol–water partition coefficient (Wildman–Crippen LogP) is 1.90. The normalized spacial score (nSPS) is 27.1. The zero-order chi connectivity index (χ0) is 50.3. The van der Waals surface area contributed by atoms with Gasteiger partial charge in [-0.2, -0.15) is 10.2 Å². The lowest BCUT2D eigenvalue weighted by molar-refractivity contribution is -0.148. The second-order valence-corrected chi connectivity index (χ2v) is 19.5. The van der Waals surface area contributed by atoms with Crippen LogP contribution < -0.4 is 41.7 Å². The molecular formula is C41H50F2N6O18P2. The first-order valence-corrected chi connectivity index (χ1v) is 24.2. The molecule has 2 aromatic heterocycles. The molecule has 0 radical (unpaired) electrons. The van der Waals surface area contributed by atoms with E-state index >= 15 is 8.78 Å². The van der Waals surface area contributed by atoms with Crippen LogP contribution in [0.3, 0.4) is 0 Å². The second-order valence-electron chi connectivity index (χ2n) is 16.1. The van der Waals surface area contributed by atoms with Crippen LogP contribution in [0.15, 0.2) is 104 Å². The molecule has 0 bridgehead atoms. The van der Waals surface area contributed by atoms with Crippen molar-refractivity contribution < 1.29 is 74.8 Å². The molecule has 28 heteroatoms. The average Bonchev–Trinajstić information content (AvgIpc) is 3.66. The van der Waals surface area contributed by atoms with Crippen molar-refractivity contribution in [1.29, 1.82) is 0 Å². The Kier molecular flexibility index (Phi) is 16.8. The maximum Gasteiger partial charge on any atom is 0.459 e. The van der Waals surface area contributed by atoms with Gasteiger partial charge in [0.1, 0.15) is 48.0 Å². The molecule has 69 heavy (non-hydrogen) atoms. The highest BCUT2D eigenvalue weighted by Crippen LogP contribution is 2.49. The van der Waals surface area contributed by atoms with Crippen molar-refractivity contribution in [2.45, 2.75) is 94.4 Å². The molecule has 2 saturated heterocycles. The van der Waals surface area contributed by atoms with Gasteiger partial charge in [-0.15, -0.1) is 0 Å². The Morgan fingerprint density at radius 1 is 0.681 bits per heavy atom. The molecular weight excluding hydrogens is 964 g/mol. The summed E-state index contributed by atoms with van der Waals surface area (Å²) in [5.74, 6) is -1.89. The number of para-hydroxylation sites is 2. The van der Waals surface area contributed by atoms with Gasteiger partial charge in [-0.05, 0) is 52.0 Å². The first-order chi connectivity index (χ1) is 32.5. The van der Waals surface area contributed by atoms with Crippen molar-refractivity contribution in [3.8, 4) is 11.5 Å². The largest absolute Gasteiger partial charge is 0.464 e. The fourth-order valence-corrected chi connectivity index (χ4v) is 9.93. The van der Waals surface area contributed by atoms with Crippen molar-refractivity contribution in [2.24, 2.45) is 0 Å². The quantitative estimate of drug-likeness (QED) is 0.0372. The third kappa shape index (κ3) is 13.0. The predicted molar refractivity (Wildman–Crippen MR) is 234 cm³/mol. The number of alkyl halides is 2. The number of esters is 2. The van der Waals surface area contributed by atoms with Crippen LogP contribution in [0.4, 0.5) is 8.78 Å². The van der Waals surface area contributed by atoms with Gasteiger partial charge in [0.2, 0.25) is 0 Å². The van der Waals surface area contributed by atoms with Crippen molar-refractivity contribution in [3.05, 3.63) is 127 Å². The number of carbonyl (C=O) groups is 2. The smallest absolute Gasteiger partial charge is 0.459 e. The van der Waals surface area contributed by atoms with Gasteiger partial charge < -0.3 is 38.2 Å². The number of halogens is 2. The van der Waals surface area contributed by atoms with Gasteiger partial charge in [0.15, 0.2) is 23.8 Å². The number of H-pyrrole nitrogens is 2. The summed E-state index contributed by atoms with van der Waals surface area (Å²) in [4.78, 5) is 77.9. The van der Waals surface area contributed by atoms with Gasteiger partial charge in [-0.25, -0.2) is 27.5 Å². The molecule has 0 amide bonds. The molecule has 0 saturated carbocycles. The van der Waals surface area contributed by atoms with E-state index in [1.807, 2.05) is 9.97 Å². The van der Waals surface area contributed by atoms with Crippen molar-refractivity contribution >= 4 is 27.4 Å². The molecule has 4 aromatic rings. The van der Waals surface area contributed by atoms with Crippen LogP contribution >= 0.6 is 15.5 Å². The van der Waals surface area contributed by atoms with Crippen molar-refractivity contribution in [3.63, 3.8) is 0 Å². The van der Waals surface area contributed by atoms with Crippen LogP contribution in [0, 0.1) is 0 Å². The minimum atomic E-state index is -4.59. The molecule has 6 N–H and O–H groups in total. The fraction of sp³-hybridized carbons (Fsp3) is 0.463. The lowest BCUT2D eigenvalue weighted by atomic mass is 9.98. The third-order valence-electron chi connectivity index (χ3n) is 10.6. The van der Waals surface area contributed by atoms with Gasteiger partial charge in [-0.3, -0.25) is 47.3 Å². The second kappa shape index (κ2) is 22.0. The summed E-state index contributed by atoms with van der Waals surface area (Å²) in [5.41, 5.74) is -8.76. The molecule has 2 aliphatic heterocycles. The van der Waals surface area contributed by atoms with Gasteiger partial charge in [0, 0.05) is 30.9 Å². The summed E-state index contributed by atoms with van der Waals surface area (Å²) in [5, 5.41) is 26.5. The number of aliphatic hydroxyl groups is 2. The van der Waals surface area contributed by atoms with Gasteiger partial charge in [0.25, 0.3) is 11.1 Å². The summed E-state index contributed by atoms with van der Waals surface area (Å²) in [6, 6.07) is 14.3. The van der Waals surface area contributed by atoms with Gasteiger partial charge in [-0.1, -0.05) is 36.4 Å². The number of hydrogen-bond donors (Lipinski definition) is 6. The minimum absolute atomic E-state index is 0.0252. The van der Waals surface area contributed by atoms with E-state index in [4.69, 9.17) is 37.0 Å². The molecule has 0 aliphatic carbocycles. The Hall–Kier alpha value is -5.66. The van der Waals surface area contributed by atoms with E-state index in [-0.39, 0.29) is 31.1 Å². The Morgan fingerprint density at radius 3 is 1.39 bits per heavy atom. The van der Waals surface area contributed by atoms with Crippen LogP contribution in [-0.2, 0) is 46.7 Å². The van der Waals surface area contributed by atoms with Crippen LogP contribution in [0.25, 0.3) is 0 Å². The summed E-state index contributed by atoms with van der Waals surface area (Å²) in [6.07, 6.45) is -8.54. The zero-order valence-electron chi connectivity index (χ0n) is 37.2. The molecule has 2 fully saturated rings. The fourth-order valence-electron chi connectivity index (χ4n) is 6.92. The molecule has 24 nitrogen and oxygen atoms in total. The van der Waals surface area contributed by atoms with E-state index in [1.165, 1.54) is 38.1 Å². The van der Waals surface area contributed by atoms with E-state index in [0.717, 1.165) is 47.5 Å². The lowest BCUT2D eigenvalue weighted by Gasteiger charge is -2.25. The Labute approximate surface area is 389 Å². The molecule has 6 rings (SSSR count). The summed E-state index contributed by atoms with van der Waals surface area (Å²) < 4.78 is 105. The monoisotopic (exact) mass is 1010 g/mol. The molecule has 0 spiro atoms. The van der Waals surface area contributed by atoms with Crippen molar-refractivity contribution in [2.75, 3.05) is 26.4 Å². The number of aromatic amines is 2. The summed E-state index contributed by atoms with van der Waals surface area (Å²) in [7, 11) is -9.17. The number of carbonyl (C=O) groups excluding carboxylic acids is 2. The topological polar surface area (TPSA) is 316 Å². The van der Waals surface area contributed by atoms with Crippen LogP contribution in [-0.4, -0.2) is 116 Å². The SMILES string of the molecule is C[C@H](NP(=O)(OC[C@H]1O[C@@H](n2ccc(=O)[nH]c2=O)[C@](C)(F)[C@@H]1O)Oc1ccccc1)C(=O)OCCCOC(=O)[C@H](C)NP(=O)(OC[C@H]1O[C@@H](n2ccc(=O)[nH]c2=O)[C@](C)(F)[C@@H]1O)Oc1ccccc1. The molecule has 2 unspecified atom stereocenters. The highest BCUT2D eigenvalue weighted by Gasteiger charge is 2.57. The number of benzene rings is 2. The van der Waals surface area contributed by atoms with Gasteiger partial charge >= 0.3 is 38.8 Å². The highest BCUT2D eigenvalue weighted by molar-refractivity contribution is 7.52. The maximum absolute atomic E-state index is 15.8. The Bertz CT molecular complexity index is 2570. The molecule has 2 aromatic carbocycles. The molecule has 376 valence electrons. The van der Waals surface area contributed by atoms with Crippen LogP contribution in [0.2, 0.25) is 0 Å². The number of nitrogens with one attached hydrogen (secondary N) is 4. The number of aromatic nitrogens is 4. The zero-order valence-corrected chi connectivity index (χ0v) is 39.0. The lowest BCUT2D eigenvalue weighted by Crippen LogP contribution is -2.43. The molecule has 2 aliphatic rings. The number of nitrogens with zero attached hydrogens (tertiary/aromatic N) is 2. The number of hydrogen-bond acceptors (Lipinski definition) is 18. The number of aliphatic hydroxyl groups excluding tert-OH is 2. The van der Waals surface area contributed by atoms with Crippen LogP contribution in [0.5, 0.6) is 11.5 Å². The first kappa shape index (κ1) is 52.7. The highest BCUT2D eigenvalue weighted by atomic mass is 31.2. The third-order valence-corrected chi connectivity index (χ3v) is 13.9. The minimum Gasteiger partial charge on any atom is -0.464 e. The maximum atomic E-state index is 15.8. The Morgan fingerprint density at radius 2 is 1.04 bits per heavy atom. The standard InChI is InChI=1S/C41H50F2N6O18P2/c1-24(46-68(58,66-26-12-7-5-8-13-26)62-22-28-32(52)40(3,42)36(64-28)48-18-16-30(50)44-38(48)56)34(54)60-20-11-21-61-35(55)25(2)47-69(59,67-27-14-9-6-10-15-27)63-23-29-33(53)41(4,43)37(65-29)49-19-17-31(51)45-39(49)57/h5-10,12-19,24-25,28-29,32-33,36-37,52-53H,11,20-23H2,1-4H3,(H,46,58)(H,47,59)(H,44,50,56)(H,45,51,57)/t24-,25-,28+,29+,32+,33+,36+,37+,40+,41+,68?,69?/m0/s1. The number of ether oxygens (including phenoxy) is 4. The van der Waals surface area contributed by atoms with Gasteiger partial charge in [0.05, 0.1) is 26.4 Å². The van der Waals surface area contributed by atoms with Crippen molar-refractivity contribution in [1.82, 2.24) is 29.3 Å². The van der Waals surface area contributed by atoms with E-state index in [2.05, 4.69) is 10.2 Å². The van der Waals surface area contributed by atoms with E-state index in [1.54, 1.807) is 36.4 Å². The first-order valence-electron chi connectivity index (χ1n) is 21.1. The Balaban J connectivity index is 1.01. The van der Waals surface area contributed by atoms with Crippen LogP contribution in [0.1, 0.15) is 46.6 Å². The average molecular weight is 1010 g/mol. The summed E-state index contributed by atoms with van der Waals surface area (Å²) >= 11 is 0. The van der Waals surface area contributed by atoms with E-state index < -0.39 is 123 Å². The van der Waals surface area contributed by atoms with E-state index in [9.17, 15) is 48.1 Å².